The molecule has 108 valence electrons. The minimum absolute atomic E-state index is 0.0543. The van der Waals surface area contributed by atoms with Gasteiger partial charge in [-0.05, 0) is 40.2 Å². The Morgan fingerprint density at radius 2 is 1.76 bits per heavy atom. The molecule has 0 fully saturated rings. The molecular formula is C14H8BrClFNO3. The highest BCUT2D eigenvalue weighted by atomic mass is 79.9. The van der Waals surface area contributed by atoms with E-state index in [2.05, 4.69) is 21.2 Å². The van der Waals surface area contributed by atoms with Crippen molar-refractivity contribution >= 4 is 45.1 Å². The van der Waals surface area contributed by atoms with E-state index < -0.39 is 17.7 Å². The number of amides is 1. The van der Waals surface area contributed by atoms with E-state index in [9.17, 15) is 14.0 Å². The number of carboxylic acid groups (broad SMARTS) is 1. The molecule has 21 heavy (non-hydrogen) atoms. The molecule has 2 rings (SSSR count). The van der Waals surface area contributed by atoms with E-state index in [-0.39, 0.29) is 26.3 Å². The Labute approximate surface area is 132 Å². The van der Waals surface area contributed by atoms with Crippen LogP contribution in [-0.2, 0) is 0 Å². The molecular weight excluding hydrogens is 365 g/mol. The number of para-hydroxylation sites is 1. The summed E-state index contributed by atoms with van der Waals surface area (Å²) in [6.45, 7) is 0. The second kappa shape index (κ2) is 6.24. The third-order valence-electron chi connectivity index (χ3n) is 2.68. The number of hydrogen-bond acceptors (Lipinski definition) is 2. The molecule has 0 aliphatic heterocycles. The fraction of sp³-hybridized carbons (Fsp3) is 0. The third-order valence-corrected chi connectivity index (χ3v) is 3.61. The molecule has 1 amide bonds. The third kappa shape index (κ3) is 3.22. The minimum atomic E-state index is -1.25. The predicted octanol–water partition coefficient (Wildman–Crippen LogP) is 4.19. The first kappa shape index (κ1) is 15.5. The van der Waals surface area contributed by atoms with Crippen LogP contribution in [0.25, 0.3) is 0 Å². The average Bonchev–Trinajstić information content (AvgIpc) is 2.43. The van der Waals surface area contributed by atoms with Gasteiger partial charge in [-0.3, -0.25) is 4.79 Å². The molecule has 0 unspecified atom stereocenters. The molecule has 0 aromatic heterocycles. The number of nitrogens with one attached hydrogen (secondary N) is 1. The molecule has 0 saturated heterocycles. The fourth-order valence-corrected chi connectivity index (χ4v) is 2.28. The summed E-state index contributed by atoms with van der Waals surface area (Å²) < 4.78 is 14.0. The lowest BCUT2D eigenvalue weighted by molar-refractivity contribution is 0.0698. The Bertz CT molecular complexity index is 736. The lowest BCUT2D eigenvalue weighted by Crippen LogP contribution is -2.16. The Balaban J connectivity index is 2.41. The molecule has 0 aliphatic carbocycles. The van der Waals surface area contributed by atoms with Gasteiger partial charge < -0.3 is 10.4 Å². The van der Waals surface area contributed by atoms with Crippen molar-refractivity contribution in [2.45, 2.75) is 0 Å². The van der Waals surface area contributed by atoms with Gasteiger partial charge in [-0.15, -0.1) is 0 Å². The highest BCUT2D eigenvalue weighted by Crippen LogP contribution is 2.27. The summed E-state index contributed by atoms with van der Waals surface area (Å²) >= 11 is 8.87. The Hall–Kier alpha value is -1.92. The molecule has 2 aromatic rings. The maximum atomic E-state index is 13.9. The van der Waals surface area contributed by atoms with Crippen LogP contribution in [0.1, 0.15) is 20.7 Å². The van der Waals surface area contributed by atoms with Gasteiger partial charge in [0, 0.05) is 0 Å². The van der Waals surface area contributed by atoms with Gasteiger partial charge in [-0.25, -0.2) is 9.18 Å². The van der Waals surface area contributed by atoms with Crippen molar-refractivity contribution in [1.82, 2.24) is 0 Å². The number of carboxylic acids is 1. The zero-order chi connectivity index (χ0) is 15.6. The molecule has 0 bridgehead atoms. The first-order chi connectivity index (χ1) is 9.91. The second-order valence-electron chi connectivity index (χ2n) is 4.02. The monoisotopic (exact) mass is 371 g/mol. The Morgan fingerprint density at radius 3 is 2.43 bits per heavy atom. The lowest BCUT2D eigenvalue weighted by Gasteiger charge is -2.11. The van der Waals surface area contributed by atoms with Crippen molar-refractivity contribution in [3.8, 4) is 0 Å². The molecule has 0 heterocycles. The first-order valence-electron chi connectivity index (χ1n) is 5.69. The van der Waals surface area contributed by atoms with Crippen LogP contribution in [0.2, 0.25) is 5.02 Å². The number of carbonyl (C=O) groups excluding carboxylic acids is 1. The predicted molar refractivity (Wildman–Crippen MR) is 80.5 cm³/mol. The van der Waals surface area contributed by atoms with Gasteiger partial charge in [0.25, 0.3) is 5.91 Å². The minimum Gasteiger partial charge on any atom is -0.478 e. The van der Waals surface area contributed by atoms with Gasteiger partial charge in [0.05, 0.1) is 26.3 Å². The molecule has 2 aromatic carbocycles. The van der Waals surface area contributed by atoms with Gasteiger partial charge in [-0.2, -0.15) is 0 Å². The van der Waals surface area contributed by atoms with Crippen LogP contribution in [0.3, 0.4) is 0 Å². The van der Waals surface area contributed by atoms with Crippen LogP contribution in [0.15, 0.2) is 40.9 Å². The Morgan fingerprint density at radius 1 is 1.14 bits per heavy atom. The van der Waals surface area contributed by atoms with E-state index in [1.54, 1.807) is 0 Å². The molecule has 0 aliphatic rings. The summed E-state index contributed by atoms with van der Waals surface area (Å²) in [4.78, 5) is 23.2. The average molecular weight is 373 g/mol. The van der Waals surface area contributed by atoms with E-state index >= 15 is 0 Å². The summed E-state index contributed by atoms with van der Waals surface area (Å²) in [5, 5.41) is 11.5. The van der Waals surface area contributed by atoms with Crippen molar-refractivity contribution in [3.63, 3.8) is 0 Å². The van der Waals surface area contributed by atoms with E-state index in [1.165, 1.54) is 36.4 Å². The molecule has 0 atom stereocenters. The van der Waals surface area contributed by atoms with Gasteiger partial charge in [0.2, 0.25) is 0 Å². The number of carbonyl (C=O) groups is 2. The SMILES string of the molecule is O=C(Nc1c(Cl)cccc1C(=O)O)c1cccc(Br)c1F. The topological polar surface area (TPSA) is 66.4 Å². The number of rotatable bonds is 3. The zero-order valence-electron chi connectivity index (χ0n) is 10.4. The summed E-state index contributed by atoms with van der Waals surface area (Å²) in [7, 11) is 0. The number of hydrogen-bond donors (Lipinski definition) is 2. The maximum absolute atomic E-state index is 13.9. The second-order valence-corrected chi connectivity index (χ2v) is 5.28. The van der Waals surface area contributed by atoms with E-state index in [1.807, 2.05) is 0 Å². The lowest BCUT2D eigenvalue weighted by atomic mass is 10.1. The van der Waals surface area contributed by atoms with Crippen LogP contribution >= 0.6 is 27.5 Å². The Kier molecular flexibility index (Phi) is 4.59. The number of aromatic carboxylic acids is 1. The van der Waals surface area contributed by atoms with Crippen LogP contribution < -0.4 is 5.32 Å². The number of anilines is 1. The normalized spacial score (nSPS) is 10.2. The molecule has 2 N–H and O–H groups in total. The standard InChI is InChI=1S/C14H8BrClFNO3/c15-9-5-1-3-7(11(9)17)13(19)18-12-8(14(20)21)4-2-6-10(12)16/h1-6H,(H,18,19)(H,20,21). The van der Waals surface area contributed by atoms with Crippen LogP contribution in [0.4, 0.5) is 10.1 Å². The van der Waals surface area contributed by atoms with Gasteiger partial charge in [0.15, 0.2) is 0 Å². The largest absolute Gasteiger partial charge is 0.478 e. The molecule has 0 radical (unpaired) electrons. The number of benzene rings is 2. The van der Waals surface area contributed by atoms with Crippen molar-refractivity contribution in [1.29, 1.82) is 0 Å². The quantitative estimate of drug-likeness (QED) is 0.849. The van der Waals surface area contributed by atoms with Gasteiger partial charge >= 0.3 is 5.97 Å². The van der Waals surface area contributed by atoms with Crippen molar-refractivity contribution in [2.24, 2.45) is 0 Å². The van der Waals surface area contributed by atoms with E-state index in [0.717, 1.165) is 0 Å². The van der Waals surface area contributed by atoms with Crippen LogP contribution in [-0.4, -0.2) is 17.0 Å². The molecule has 4 nitrogen and oxygen atoms in total. The highest BCUT2D eigenvalue weighted by Gasteiger charge is 2.19. The number of halogens is 3. The van der Waals surface area contributed by atoms with Crippen molar-refractivity contribution < 1.29 is 19.1 Å². The van der Waals surface area contributed by atoms with Crippen LogP contribution in [0, 0.1) is 5.82 Å². The van der Waals surface area contributed by atoms with Crippen LogP contribution in [0.5, 0.6) is 0 Å². The maximum Gasteiger partial charge on any atom is 0.337 e. The van der Waals surface area contributed by atoms with Gasteiger partial charge in [0.1, 0.15) is 5.82 Å². The van der Waals surface area contributed by atoms with Gasteiger partial charge in [-0.1, -0.05) is 23.7 Å². The van der Waals surface area contributed by atoms with E-state index in [0.29, 0.717) is 0 Å². The van der Waals surface area contributed by atoms with E-state index in [4.69, 9.17) is 16.7 Å². The smallest absolute Gasteiger partial charge is 0.337 e. The summed E-state index contributed by atoms with van der Waals surface area (Å²) in [5.41, 5.74) is -0.470. The zero-order valence-corrected chi connectivity index (χ0v) is 12.7. The highest BCUT2D eigenvalue weighted by molar-refractivity contribution is 9.10. The summed E-state index contributed by atoms with van der Waals surface area (Å²) in [5.74, 6) is -2.77. The van der Waals surface area contributed by atoms with Crippen molar-refractivity contribution in [2.75, 3.05) is 5.32 Å². The van der Waals surface area contributed by atoms with Crippen molar-refractivity contribution in [3.05, 3.63) is 62.8 Å². The fourth-order valence-electron chi connectivity index (χ4n) is 1.69. The molecule has 7 heteroatoms. The summed E-state index contributed by atoms with van der Waals surface area (Å²) in [6, 6.07) is 8.40. The first-order valence-corrected chi connectivity index (χ1v) is 6.86. The summed E-state index contributed by atoms with van der Waals surface area (Å²) in [6.07, 6.45) is 0. The molecule has 0 saturated carbocycles. The molecule has 0 spiro atoms.